The summed E-state index contributed by atoms with van der Waals surface area (Å²) in [4.78, 5) is 14.3. The number of aryl methyl sites for hydroxylation is 1. The van der Waals surface area contributed by atoms with Crippen LogP contribution in [0, 0.1) is 12.8 Å². The first-order valence-corrected chi connectivity index (χ1v) is 8.40. The summed E-state index contributed by atoms with van der Waals surface area (Å²) in [5.41, 5.74) is -1.22. The number of furan rings is 1. The van der Waals surface area contributed by atoms with E-state index in [1.165, 1.54) is 25.9 Å². The SMILES string of the molecule is Cc1ccc(C(C)(O)CNC(=O)NCC(C)CN2CCCC2)o1. The molecule has 1 aromatic rings. The summed E-state index contributed by atoms with van der Waals surface area (Å²) < 4.78 is 5.43. The Balaban J connectivity index is 1.68. The number of hydrogen-bond donors (Lipinski definition) is 3. The Hall–Kier alpha value is -1.53. The lowest BCUT2D eigenvalue weighted by atomic mass is 10.0. The van der Waals surface area contributed by atoms with Crippen molar-refractivity contribution in [2.75, 3.05) is 32.7 Å². The molecule has 6 nitrogen and oxygen atoms in total. The van der Waals surface area contributed by atoms with Crippen LogP contribution in [0.1, 0.15) is 38.2 Å². The smallest absolute Gasteiger partial charge is 0.314 e. The van der Waals surface area contributed by atoms with Gasteiger partial charge in [-0.2, -0.15) is 0 Å². The van der Waals surface area contributed by atoms with E-state index >= 15 is 0 Å². The number of rotatable bonds is 7. The first-order chi connectivity index (χ1) is 10.9. The van der Waals surface area contributed by atoms with Crippen LogP contribution in [0.5, 0.6) is 0 Å². The van der Waals surface area contributed by atoms with Crippen molar-refractivity contribution in [1.29, 1.82) is 0 Å². The van der Waals surface area contributed by atoms with Gasteiger partial charge >= 0.3 is 6.03 Å². The molecule has 0 spiro atoms. The fourth-order valence-corrected chi connectivity index (χ4v) is 2.86. The van der Waals surface area contributed by atoms with Gasteiger partial charge in [0.1, 0.15) is 17.1 Å². The molecule has 2 atom stereocenters. The second kappa shape index (κ2) is 7.84. The molecule has 0 aromatic carbocycles. The molecule has 2 unspecified atom stereocenters. The number of nitrogens with one attached hydrogen (secondary N) is 2. The maximum absolute atomic E-state index is 11.9. The first kappa shape index (κ1) is 17.8. The first-order valence-electron chi connectivity index (χ1n) is 8.40. The third-order valence-electron chi connectivity index (χ3n) is 4.24. The predicted octanol–water partition coefficient (Wildman–Crippen LogP) is 1.83. The maximum Gasteiger partial charge on any atom is 0.314 e. The number of carbonyl (C=O) groups excluding carboxylic acids is 1. The summed E-state index contributed by atoms with van der Waals surface area (Å²) >= 11 is 0. The quantitative estimate of drug-likeness (QED) is 0.715. The van der Waals surface area contributed by atoms with E-state index in [1.807, 2.05) is 6.92 Å². The third-order valence-corrected chi connectivity index (χ3v) is 4.24. The molecule has 1 saturated heterocycles. The van der Waals surface area contributed by atoms with Crippen LogP contribution in [0.3, 0.4) is 0 Å². The summed E-state index contributed by atoms with van der Waals surface area (Å²) in [6.07, 6.45) is 2.56. The monoisotopic (exact) mass is 323 g/mol. The number of likely N-dealkylation sites (tertiary alicyclic amines) is 1. The Morgan fingerprint density at radius 1 is 1.39 bits per heavy atom. The highest BCUT2D eigenvalue weighted by Gasteiger charge is 2.27. The molecular formula is C17H29N3O3. The lowest BCUT2D eigenvalue weighted by Gasteiger charge is -2.23. The van der Waals surface area contributed by atoms with Gasteiger partial charge in [-0.15, -0.1) is 0 Å². The van der Waals surface area contributed by atoms with Crippen molar-refractivity contribution in [2.24, 2.45) is 5.92 Å². The zero-order chi connectivity index (χ0) is 16.9. The summed E-state index contributed by atoms with van der Waals surface area (Å²) in [5, 5.41) is 15.9. The fourth-order valence-electron chi connectivity index (χ4n) is 2.86. The lowest BCUT2D eigenvalue weighted by molar-refractivity contribution is 0.0359. The van der Waals surface area contributed by atoms with Gasteiger partial charge in [0.25, 0.3) is 0 Å². The number of nitrogens with zero attached hydrogens (tertiary/aromatic N) is 1. The van der Waals surface area contributed by atoms with E-state index < -0.39 is 5.60 Å². The van der Waals surface area contributed by atoms with E-state index in [9.17, 15) is 9.90 Å². The molecule has 2 amide bonds. The third kappa shape index (κ3) is 5.55. The van der Waals surface area contributed by atoms with Crippen molar-refractivity contribution >= 4 is 6.03 Å². The molecular weight excluding hydrogens is 294 g/mol. The molecule has 1 fully saturated rings. The van der Waals surface area contributed by atoms with Gasteiger partial charge in [-0.1, -0.05) is 6.92 Å². The molecule has 23 heavy (non-hydrogen) atoms. The Labute approximate surface area is 138 Å². The lowest BCUT2D eigenvalue weighted by Crippen LogP contribution is -2.45. The molecule has 3 N–H and O–H groups in total. The van der Waals surface area contributed by atoms with E-state index in [0.29, 0.717) is 18.2 Å². The van der Waals surface area contributed by atoms with Crippen LogP contribution in [0.15, 0.2) is 16.5 Å². The molecule has 130 valence electrons. The Morgan fingerprint density at radius 3 is 2.70 bits per heavy atom. The standard InChI is InChI=1S/C17H29N3O3/c1-13(11-20-8-4-5-9-20)10-18-16(21)19-12-17(3,22)15-7-6-14(2)23-15/h6-7,13,22H,4-5,8-12H2,1-3H3,(H2,18,19,21). The van der Waals surface area contributed by atoms with Crippen LogP contribution in [0.25, 0.3) is 0 Å². The normalized spacial score (nSPS) is 19.3. The van der Waals surface area contributed by atoms with Crippen LogP contribution in [0.4, 0.5) is 4.79 Å². The van der Waals surface area contributed by atoms with Crippen molar-refractivity contribution in [3.8, 4) is 0 Å². The molecule has 1 aliphatic rings. The fraction of sp³-hybridized carbons (Fsp3) is 0.706. The van der Waals surface area contributed by atoms with Gasteiger partial charge in [0.05, 0.1) is 6.54 Å². The van der Waals surface area contributed by atoms with Crippen LogP contribution in [0.2, 0.25) is 0 Å². The van der Waals surface area contributed by atoms with E-state index in [4.69, 9.17) is 4.42 Å². The topological polar surface area (TPSA) is 77.7 Å². The van der Waals surface area contributed by atoms with Gasteiger partial charge in [-0.25, -0.2) is 4.79 Å². The number of urea groups is 1. The van der Waals surface area contributed by atoms with Crippen molar-refractivity contribution in [2.45, 2.75) is 39.2 Å². The summed E-state index contributed by atoms with van der Waals surface area (Å²) in [6, 6.07) is 3.26. The molecule has 1 aliphatic heterocycles. The zero-order valence-electron chi connectivity index (χ0n) is 14.4. The summed E-state index contributed by atoms with van der Waals surface area (Å²) in [6.45, 7) is 9.67. The van der Waals surface area contributed by atoms with Crippen LogP contribution < -0.4 is 10.6 Å². The molecule has 0 aliphatic carbocycles. The number of amides is 2. The van der Waals surface area contributed by atoms with E-state index in [-0.39, 0.29) is 12.6 Å². The van der Waals surface area contributed by atoms with Crippen LogP contribution >= 0.6 is 0 Å². The van der Waals surface area contributed by atoms with Crippen molar-refractivity contribution in [1.82, 2.24) is 15.5 Å². The molecule has 0 radical (unpaired) electrons. The largest absolute Gasteiger partial charge is 0.463 e. The zero-order valence-corrected chi connectivity index (χ0v) is 14.4. The minimum Gasteiger partial charge on any atom is -0.463 e. The van der Waals surface area contributed by atoms with Gasteiger partial charge in [-0.05, 0) is 57.8 Å². The van der Waals surface area contributed by atoms with Gasteiger partial charge in [0, 0.05) is 13.1 Å². The van der Waals surface area contributed by atoms with E-state index in [2.05, 4.69) is 22.5 Å². The highest BCUT2D eigenvalue weighted by molar-refractivity contribution is 5.73. The molecule has 0 saturated carbocycles. The minimum absolute atomic E-state index is 0.103. The summed E-state index contributed by atoms with van der Waals surface area (Å²) in [5.74, 6) is 1.60. The van der Waals surface area contributed by atoms with Gasteiger partial charge in [-0.3, -0.25) is 0 Å². The predicted molar refractivity (Wildman–Crippen MR) is 89.3 cm³/mol. The maximum atomic E-state index is 11.9. The molecule has 2 rings (SSSR count). The van der Waals surface area contributed by atoms with Crippen molar-refractivity contribution in [3.05, 3.63) is 23.7 Å². The Morgan fingerprint density at radius 2 is 2.09 bits per heavy atom. The molecule has 2 heterocycles. The molecule has 6 heteroatoms. The average molecular weight is 323 g/mol. The number of hydrogen-bond acceptors (Lipinski definition) is 4. The number of carbonyl (C=O) groups is 1. The van der Waals surface area contributed by atoms with Crippen LogP contribution in [-0.2, 0) is 5.60 Å². The van der Waals surface area contributed by atoms with Crippen LogP contribution in [-0.4, -0.2) is 48.8 Å². The highest BCUT2D eigenvalue weighted by Crippen LogP contribution is 2.21. The second-order valence-corrected chi connectivity index (χ2v) is 6.86. The Kier molecular flexibility index (Phi) is 6.07. The minimum atomic E-state index is -1.22. The van der Waals surface area contributed by atoms with E-state index in [1.54, 1.807) is 19.1 Å². The van der Waals surface area contributed by atoms with E-state index in [0.717, 1.165) is 12.3 Å². The Bertz CT molecular complexity index is 507. The van der Waals surface area contributed by atoms with Gasteiger partial charge in [0.2, 0.25) is 0 Å². The summed E-state index contributed by atoms with van der Waals surface area (Å²) in [7, 11) is 0. The van der Waals surface area contributed by atoms with Crippen molar-refractivity contribution < 1.29 is 14.3 Å². The average Bonchev–Trinajstić information content (AvgIpc) is 3.15. The van der Waals surface area contributed by atoms with Gasteiger partial charge in [0.15, 0.2) is 0 Å². The van der Waals surface area contributed by atoms with Crippen molar-refractivity contribution in [3.63, 3.8) is 0 Å². The molecule has 1 aromatic heterocycles. The highest BCUT2D eigenvalue weighted by atomic mass is 16.4. The number of aliphatic hydroxyl groups is 1. The second-order valence-electron chi connectivity index (χ2n) is 6.86. The van der Waals surface area contributed by atoms with Gasteiger partial charge < -0.3 is 25.1 Å². The molecule has 0 bridgehead atoms.